The quantitative estimate of drug-likeness (QED) is 0.606. The smallest absolute Gasteiger partial charge is 0.191 e. The van der Waals surface area contributed by atoms with Crippen LogP contribution in [0.5, 0.6) is 0 Å². The summed E-state index contributed by atoms with van der Waals surface area (Å²) in [4.78, 5) is 12.5. The van der Waals surface area contributed by atoms with Crippen molar-refractivity contribution in [2.24, 2.45) is 4.99 Å². The van der Waals surface area contributed by atoms with E-state index in [-0.39, 0.29) is 0 Å². The summed E-state index contributed by atoms with van der Waals surface area (Å²) >= 11 is 1.88. The maximum atomic E-state index is 4.84. The number of rotatable bonds is 6. The fraction of sp³-hybridized carbons (Fsp3) is 0.722. The van der Waals surface area contributed by atoms with Gasteiger partial charge in [-0.1, -0.05) is 0 Å². The maximum absolute atomic E-state index is 4.84. The van der Waals surface area contributed by atoms with Crippen molar-refractivity contribution in [2.75, 3.05) is 46.8 Å². The first-order chi connectivity index (χ1) is 11.5. The minimum Gasteiger partial charge on any atom is -0.357 e. The van der Waals surface area contributed by atoms with Crippen LogP contribution in [0.15, 0.2) is 17.1 Å². The van der Waals surface area contributed by atoms with Crippen molar-refractivity contribution in [3.63, 3.8) is 0 Å². The van der Waals surface area contributed by atoms with Crippen LogP contribution in [0, 0.1) is 6.92 Å². The second kappa shape index (κ2) is 9.39. The van der Waals surface area contributed by atoms with Crippen LogP contribution in [0.4, 0.5) is 0 Å². The van der Waals surface area contributed by atoms with Crippen molar-refractivity contribution in [3.05, 3.63) is 21.9 Å². The number of aliphatic imine (C=N–C) groups is 1. The number of likely N-dealkylation sites (N-methyl/N-ethyl adjacent to an activating group) is 2. The Morgan fingerprint density at radius 3 is 2.83 bits per heavy atom. The third kappa shape index (κ3) is 6.07. The Bertz CT molecular complexity index is 527. The van der Waals surface area contributed by atoms with Gasteiger partial charge in [-0.15, -0.1) is 11.3 Å². The van der Waals surface area contributed by atoms with Gasteiger partial charge in [-0.25, -0.2) is 0 Å². The van der Waals surface area contributed by atoms with Crippen LogP contribution in [-0.2, 0) is 6.42 Å². The van der Waals surface area contributed by atoms with Crippen LogP contribution in [0.25, 0.3) is 0 Å². The molecule has 1 fully saturated rings. The lowest BCUT2D eigenvalue weighted by Crippen LogP contribution is -2.52. The van der Waals surface area contributed by atoms with Crippen LogP contribution >= 0.6 is 11.3 Å². The van der Waals surface area contributed by atoms with Gasteiger partial charge in [0.1, 0.15) is 0 Å². The third-order valence-corrected chi connectivity index (χ3v) is 5.49. The highest BCUT2D eigenvalue weighted by atomic mass is 32.1. The molecule has 1 saturated heterocycles. The molecule has 2 atom stereocenters. The molecule has 136 valence electrons. The van der Waals surface area contributed by atoms with Crippen molar-refractivity contribution in [1.29, 1.82) is 0 Å². The Labute approximate surface area is 151 Å². The van der Waals surface area contributed by atoms with E-state index in [1.54, 1.807) is 0 Å². The lowest BCUT2D eigenvalue weighted by atomic mass is 10.2. The summed E-state index contributed by atoms with van der Waals surface area (Å²) in [6.07, 6.45) is 1.04. The minimum absolute atomic E-state index is 0.368. The normalized spacial score (nSPS) is 21.7. The van der Waals surface area contributed by atoms with Gasteiger partial charge in [0.15, 0.2) is 5.96 Å². The second-order valence-corrected chi connectivity index (χ2v) is 8.25. The molecule has 0 radical (unpaired) electrons. The summed E-state index contributed by atoms with van der Waals surface area (Å²) in [5, 5.41) is 6.93. The Balaban J connectivity index is 1.89. The highest BCUT2D eigenvalue weighted by molar-refractivity contribution is 7.11. The van der Waals surface area contributed by atoms with Gasteiger partial charge in [0.25, 0.3) is 0 Å². The number of piperazine rings is 1. The number of hydrogen-bond acceptors (Lipinski definition) is 4. The SMILES string of the molecule is CCNC(=NCC1CN(C)CCN1C)NC(C)Cc1ccc(C)s1. The predicted octanol–water partition coefficient (Wildman–Crippen LogP) is 1.79. The molecule has 2 N–H and O–H groups in total. The van der Waals surface area contributed by atoms with Crippen LogP contribution < -0.4 is 10.6 Å². The summed E-state index contributed by atoms with van der Waals surface area (Å²) in [5.74, 6) is 0.930. The molecular weight excluding hydrogens is 318 g/mol. The van der Waals surface area contributed by atoms with Gasteiger partial charge in [-0.05, 0) is 47.0 Å². The first kappa shape index (κ1) is 19.2. The summed E-state index contributed by atoms with van der Waals surface area (Å²) in [5.41, 5.74) is 0. The van der Waals surface area contributed by atoms with Gasteiger partial charge >= 0.3 is 0 Å². The van der Waals surface area contributed by atoms with E-state index >= 15 is 0 Å². The minimum atomic E-state index is 0.368. The van der Waals surface area contributed by atoms with E-state index < -0.39 is 0 Å². The van der Waals surface area contributed by atoms with Crippen LogP contribution in [0.1, 0.15) is 23.6 Å². The van der Waals surface area contributed by atoms with E-state index in [0.717, 1.165) is 45.1 Å². The van der Waals surface area contributed by atoms with Crippen molar-refractivity contribution in [1.82, 2.24) is 20.4 Å². The van der Waals surface area contributed by atoms with E-state index in [4.69, 9.17) is 4.99 Å². The van der Waals surface area contributed by atoms with E-state index in [1.165, 1.54) is 9.75 Å². The van der Waals surface area contributed by atoms with Crippen LogP contribution in [0.2, 0.25) is 0 Å². The van der Waals surface area contributed by atoms with Crippen molar-refractivity contribution in [2.45, 2.75) is 39.3 Å². The Hall–Kier alpha value is -1.11. The molecule has 0 amide bonds. The lowest BCUT2D eigenvalue weighted by molar-refractivity contribution is 0.119. The highest BCUT2D eigenvalue weighted by Crippen LogP contribution is 2.16. The zero-order chi connectivity index (χ0) is 17.5. The maximum Gasteiger partial charge on any atom is 0.191 e. The molecule has 0 spiro atoms. The largest absolute Gasteiger partial charge is 0.357 e. The van der Waals surface area contributed by atoms with Crippen molar-refractivity contribution >= 4 is 17.3 Å². The van der Waals surface area contributed by atoms with E-state index in [1.807, 2.05) is 11.3 Å². The fourth-order valence-electron chi connectivity index (χ4n) is 3.00. The fourth-order valence-corrected chi connectivity index (χ4v) is 4.02. The van der Waals surface area contributed by atoms with Gasteiger partial charge in [-0.3, -0.25) is 9.89 Å². The van der Waals surface area contributed by atoms with Crippen molar-refractivity contribution in [3.8, 4) is 0 Å². The number of nitrogens with zero attached hydrogens (tertiary/aromatic N) is 3. The molecule has 2 heterocycles. The summed E-state index contributed by atoms with van der Waals surface area (Å²) < 4.78 is 0. The molecular formula is C18H33N5S. The van der Waals surface area contributed by atoms with Crippen LogP contribution in [-0.4, -0.2) is 74.7 Å². The number of aryl methyl sites for hydroxylation is 1. The molecule has 24 heavy (non-hydrogen) atoms. The Morgan fingerprint density at radius 2 is 2.17 bits per heavy atom. The third-order valence-electron chi connectivity index (χ3n) is 4.47. The molecule has 2 rings (SSSR count). The van der Waals surface area contributed by atoms with E-state index in [0.29, 0.717) is 12.1 Å². The standard InChI is InChI=1S/C18H33N5S/c1-6-19-18(20-12-16-13-22(4)9-10-23(16)5)21-14(2)11-17-8-7-15(3)24-17/h7-8,14,16H,6,9-13H2,1-5H3,(H2,19,20,21). The summed E-state index contributed by atoms with van der Waals surface area (Å²) in [6.45, 7) is 11.6. The molecule has 1 aliphatic rings. The zero-order valence-electron chi connectivity index (χ0n) is 15.8. The molecule has 0 saturated carbocycles. The van der Waals surface area contributed by atoms with Crippen LogP contribution in [0.3, 0.4) is 0 Å². The molecule has 0 aliphatic carbocycles. The number of hydrogen-bond donors (Lipinski definition) is 2. The van der Waals surface area contributed by atoms with Gasteiger partial charge in [-0.2, -0.15) is 0 Å². The number of guanidine groups is 1. The molecule has 0 aromatic carbocycles. The van der Waals surface area contributed by atoms with Gasteiger partial charge in [0.05, 0.1) is 6.54 Å². The monoisotopic (exact) mass is 351 g/mol. The van der Waals surface area contributed by atoms with E-state index in [9.17, 15) is 0 Å². The lowest BCUT2D eigenvalue weighted by Gasteiger charge is -2.37. The second-order valence-electron chi connectivity index (χ2n) is 6.88. The molecule has 6 heteroatoms. The first-order valence-electron chi connectivity index (χ1n) is 8.97. The topological polar surface area (TPSA) is 42.9 Å². The zero-order valence-corrected chi connectivity index (χ0v) is 16.6. The van der Waals surface area contributed by atoms with Gasteiger partial charge in [0.2, 0.25) is 0 Å². The number of nitrogens with one attached hydrogen (secondary N) is 2. The van der Waals surface area contributed by atoms with Gasteiger partial charge < -0.3 is 15.5 Å². The summed E-state index contributed by atoms with van der Waals surface area (Å²) in [6, 6.07) is 5.29. The molecule has 1 aliphatic heterocycles. The average molecular weight is 352 g/mol. The highest BCUT2D eigenvalue weighted by Gasteiger charge is 2.21. The molecule has 1 aromatic heterocycles. The predicted molar refractivity (Wildman–Crippen MR) is 105 cm³/mol. The molecule has 1 aromatic rings. The van der Waals surface area contributed by atoms with Gasteiger partial charge in [0, 0.05) is 54.4 Å². The Kier molecular flexibility index (Phi) is 7.52. The molecule has 0 bridgehead atoms. The number of thiophene rings is 1. The van der Waals surface area contributed by atoms with E-state index in [2.05, 4.69) is 67.4 Å². The first-order valence-corrected chi connectivity index (χ1v) is 9.78. The Morgan fingerprint density at radius 1 is 1.38 bits per heavy atom. The molecule has 2 unspecified atom stereocenters. The average Bonchev–Trinajstić information content (AvgIpc) is 2.93. The van der Waals surface area contributed by atoms with Crippen molar-refractivity contribution < 1.29 is 0 Å². The molecule has 5 nitrogen and oxygen atoms in total. The summed E-state index contributed by atoms with van der Waals surface area (Å²) in [7, 11) is 4.40.